The fraction of sp³-hybridized carbons (Fsp3) is 0.250. The number of hydrogen-bond acceptors (Lipinski definition) is 2. The zero-order valence-electron chi connectivity index (χ0n) is 9.37. The highest BCUT2D eigenvalue weighted by molar-refractivity contribution is 9.10. The zero-order chi connectivity index (χ0) is 11.9. The summed E-state index contributed by atoms with van der Waals surface area (Å²) in [7, 11) is 3.34. The summed E-state index contributed by atoms with van der Waals surface area (Å²) in [6.07, 6.45) is 0. The fourth-order valence-electron chi connectivity index (χ4n) is 1.95. The van der Waals surface area contributed by atoms with Crippen LogP contribution in [-0.2, 0) is 11.8 Å². The Labute approximate surface area is 102 Å². The minimum atomic E-state index is -0.291. The van der Waals surface area contributed by atoms with E-state index in [9.17, 15) is 4.79 Å². The standard InChI is InChI=1S/C12H12BrNO2/c1-7-10(12(15)16-3)8-5-4-6-9(13)11(8)14(7)2/h4-6H,1-3H3. The Bertz CT molecular complexity index is 572. The van der Waals surface area contributed by atoms with Crippen LogP contribution >= 0.6 is 15.9 Å². The Kier molecular flexibility index (Phi) is 2.76. The predicted octanol–water partition coefficient (Wildman–Crippen LogP) is 3.04. The van der Waals surface area contributed by atoms with E-state index in [0.717, 1.165) is 21.1 Å². The maximum atomic E-state index is 11.7. The maximum absolute atomic E-state index is 11.7. The summed E-state index contributed by atoms with van der Waals surface area (Å²) in [5.41, 5.74) is 2.57. The molecule has 0 atom stereocenters. The van der Waals surface area contributed by atoms with Crippen molar-refractivity contribution in [2.45, 2.75) is 6.92 Å². The van der Waals surface area contributed by atoms with Crippen LogP contribution in [0.25, 0.3) is 10.9 Å². The quantitative estimate of drug-likeness (QED) is 0.753. The first-order valence-electron chi connectivity index (χ1n) is 4.89. The van der Waals surface area contributed by atoms with Crippen LogP contribution in [-0.4, -0.2) is 17.6 Å². The van der Waals surface area contributed by atoms with Gasteiger partial charge in [-0.25, -0.2) is 4.79 Å². The lowest BCUT2D eigenvalue weighted by molar-refractivity contribution is 0.0602. The van der Waals surface area contributed by atoms with Gasteiger partial charge in [0.25, 0.3) is 0 Å². The number of halogens is 1. The molecule has 0 unspecified atom stereocenters. The molecule has 1 aromatic heterocycles. The first-order chi connectivity index (χ1) is 7.57. The highest BCUT2D eigenvalue weighted by Gasteiger charge is 2.19. The molecule has 3 nitrogen and oxygen atoms in total. The van der Waals surface area contributed by atoms with Crippen molar-refractivity contribution in [3.63, 3.8) is 0 Å². The van der Waals surface area contributed by atoms with Gasteiger partial charge in [-0.15, -0.1) is 0 Å². The second kappa shape index (κ2) is 3.94. The Morgan fingerprint density at radius 3 is 2.75 bits per heavy atom. The van der Waals surface area contributed by atoms with E-state index in [1.54, 1.807) is 0 Å². The lowest BCUT2D eigenvalue weighted by atomic mass is 10.1. The number of nitrogens with zero attached hydrogens (tertiary/aromatic N) is 1. The van der Waals surface area contributed by atoms with Crippen molar-refractivity contribution in [3.05, 3.63) is 33.9 Å². The van der Waals surface area contributed by atoms with Crippen molar-refractivity contribution >= 4 is 32.8 Å². The highest BCUT2D eigenvalue weighted by atomic mass is 79.9. The topological polar surface area (TPSA) is 31.2 Å². The van der Waals surface area contributed by atoms with E-state index in [4.69, 9.17) is 4.74 Å². The number of methoxy groups -OCH3 is 1. The van der Waals surface area contributed by atoms with E-state index in [-0.39, 0.29) is 5.97 Å². The Hall–Kier alpha value is -1.29. The van der Waals surface area contributed by atoms with Gasteiger partial charge in [-0.2, -0.15) is 0 Å². The summed E-state index contributed by atoms with van der Waals surface area (Å²) in [5.74, 6) is -0.291. The molecule has 0 saturated carbocycles. The number of hydrogen-bond donors (Lipinski definition) is 0. The van der Waals surface area contributed by atoms with E-state index < -0.39 is 0 Å². The van der Waals surface area contributed by atoms with Crippen LogP contribution in [0.5, 0.6) is 0 Å². The van der Waals surface area contributed by atoms with Crippen LogP contribution in [0.1, 0.15) is 16.1 Å². The number of esters is 1. The first kappa shape index (κ1) is 11.2. The van der Waals surface area contributed by atoms with Crippen molar-refractivity contribution in [1.82, 2.24) is 4.57 Å². The largest absolute Gasteiger partial charge is 0.465 e. The molecule has 0 aliphatic rings. The molecule has 1 heterocycles. The summed E-state index contributed by atoms with van der Waals surface area (Å²) < 4.78 is 7.78. The molecule has 0 fully saturated rings. The molecular weight excluding hydrogens is 270 g/mol. The molecule has 84 valence electrons. The second-order valence-electron chi connectivity index (χ2n) is 3.65. The lowest BCUT2D eigenvalue weighted by Gasteiger charge is -2.00. The molecule has 0 N–H and O–H groups in total. The highest BCUT2D eigenvalue weighted by Crippen LogP contribution is 2.30. The second-order valence-corrected chi connectivity index (χ2v) is 4.50. The third kappa shape index (κ3) is 1.45. The van der Waals surface area contributed by atoms with E-state index in [1.165, 1.54) is 7.11 Å². The third-order valence-corrected chi connectivity index (χ3v) is 3.49. The van der Waals surface area contributed by atoms with Gasteiger partial charge in [0.2, 0.25) is 0 Å². The van der Waals surface area contributed by atoms with E-state index in [0.29, 0.717) is 5.56 Å². The molecule has 0 amide bonds. The smallest absolute Gasteiger partial charge is 0.340 e. The molecule has 2 rings (SSSR count). The maximum Gasteiger partial charge on any atom is 0.340 e. The number of carbonyl (C=O) groups excluding carboxylic acids is 1. The van der Waals surface area contributed by atoms with Crippen molar-refractivity contribution in [1.29, 1.82) is 0 Å². The molecule has 0 aliphatic carbocycles. The monoisotopic (exact) mass is 281 g/mol. The minimum absolute atomic E-state index is 0.291. The Morgan fingerprint density at radius 1 is 1.44 bits per heavy atom. The molecule has 4 heteroatoms. The van der Waals surface area contributed by atoms with E-state index in [1.807, 2.05) is 36.7 Å². The Morgan fingerprint density at radius 2 is 2.12 bits per heavy atom. The van der Waals surface area contributed by atoms with Crippen LogP contribution in [0.4, 0.5) is 0 Å². The average Bonchev–Trinajstić information content (AvgIpc) is 2.52. The SMILES string of the molecule is COC(=O)c1c(C)n(C)c2c(Br)cccc12. The number of ether oxygens (including phenoxy) is 1. The van der Waals surface area contributed by atoms with Crippen LogP contribution in [0.3, 0.4) is 0 Å². The first-order valence-corrected chi connectivity index (χ1v) is 5.69. The molecule has 2 aromatic rings. The number of aryl methyl sites for hydroxylation is 1. The minimum Gasteiger partial charge on any atom is -0.465 e. The molecule has 0 radical (unpaired) electrons. The summed E-state index contributed by atoms with van der Waals surface area (Å²) >= 11 is 3.49. The van der Waals surface area contributed by atoms with Gasteiger partial charge in [-0.05, 0) is 28.9 Å². The van der Waals surface area contributed by atoms with Crippen molar-refractivity contribution < 1.29 is 9.53 Å². The lowest BCUT2D eigenvalue weighted by Crippen LogP contribution is -2.03. The molecule has 0 bridgehead atoms. The number of fused-ring (bicyclic) bond motifs is 1. The molecule has 0 saturated heterocycles. The average molecular weight is 282 g/mol. The number of rotatable bonds is 1. The van der Waals surface area contributed by atoms with Gasteiger partial charge < -0.3 is 9.30 Å². The summed E-state index contributed by atoms with van der Waals surface area (Å²) in [4.78, 5) is 11.7. The van der Waals surface area contributed by atoms with Gasteiger partial charge in [0.1, 0.15) is 0 Å². The van der Waals surface area contributed by atoms with Crippen LogP contribution in [0.2, 0.25) is 0 Å². The summed E-state index contributed by atoms with van der Waals surface area (Å²) in [5, 5.41) is 0.918. The Balaban J connectivity index is 2.90. The number of aromatic nitrogens is 1. The molecule has 0 aliphatic heterocycles. The number of benzene rings is 1. The van der Waals surface area contributed by atoms with Gasteiger partial charge in [-0.3, -0.25) is 0 Å². The number of para-hydroxylation sites is 1. The van der Waals surface area contributed by atoms with Crippen molar-refractivity contribution in [2.75, 3.05) is 7.11 Å². The summed E-state index contributed by atoms with van der Waals surface area (Å²) in [6, 6.07) is 5.81. The number of carbonyl (C=O) groups is 1. The van der Waals surface area contributed by atoms with Crippen LogP contribution < -0.4 is 0 Å². The van der Waals surface area contributed by atoms with Crippen LogP contribution in [0, 0.1) is 6.92 Å². The predicted molar refractivity (Wildman–Crippen MR) is 66.7 cm³/mol. The van der Waals surface area contributed by atoms with Crippen LogP contribution in [0.15, 0.2) is 22.7 Å². The van der Waals surface area contributed by atoms with Gasteiger partial charge in [0.15, 0.2) is 0 Å². The van der Waals surface area contributed by atoms with E-state index >= 15 is 0 Å². The summed E-state index contributed by atoms with van der Waals surface area (Å²) in [6.45, 7) is 1.92. The molecular formula is C12H12BrNO2. The molecule has 0 spiro atoms. The van der Waals surface area contributed by atoms with Gasteiger partial charge >= 0.3 is 5.97 Å². The van der Waals surface area contributed by atoms with Gasteiger partial charge in [0, 0.05) is 22.6 Å². The van der Waals surface area contributed by atoms with E-state index in [2.05, 4.69) is 15.9 Å². The van der Waals surface area contributed by atoms with Gasteiger partial charge in [0.05, 0.1) is 18.2 Å². The van der Waals surface area contributed by atoms with Crippen molar-refractivity contribution in [2.24, 2.45) is 7.05 Å². The normalized spacial score (nSPS) is 10.8. The third-order valence-electron chi connectivity index (χ3n) is 2.85. The molecule has 1 aromatic carbocycles. The van der Waals surface area contributed by atoms with Gasteiger partial charge in [-0.1, -0.05) is 12.1 Å². The fourth-order valence-corrected chi connectivity index (χ4v) is 2.58. The van der Waals surface area contributed by atoms with Crippen molar-refractivity contribution in [3.8, 4) is 0 Å². The zero-order valence-corrected chi connectivity index (χ0v) is 11.0. The molecule has 16 heavy (non-hydrogen) atoms.